The Morgan fingerprint density at radius 2 is 1.95 bits per heavy atom. The average Bonchev–Trinajstić information content (AvgIpc) is 3.15. The SMILES string of the molecule is N#Cc1ccc(-c2nc(NN=C3CCCC3)sc2Br)cc1. The second-order valence-corrected chi connectivity index (χ2v) is 7.14. The molecule has 6 heteroatoms. The summed E-state index contributed by atoms with van der Waals surface area (Å²) >= 11 is 5.07. The molecular formula is C15H13BrN4S. The number of thiazole rings is 1. The number of hydrogen-bond acceptors (Lipinski definition) is 5. The van der Waals surface area contributed by atoms with Gasteiger partial charge in [0.25, 0.3) is 0 Å². The lowest BCUT2D eigenvalue weighted by Gasteiger charge is -1.98. The van der Waals surface area contributed by atoms with Crippen molar-refractivity contribution in [3.63, 3.8) is 0 Å². The fraction of sp³-hybridized carbons (Fsp3) is 0.267. The van der Waals surface area contributed by atoms with Crippen molar-refractivity contribution in [2.75, 3.05) is 5.43 Å². The summed E-state index contributed by atoms with van der Waals surface area (Å²) in [6.07, 6.45) is 4.64. The Morgan fingerprint density at radius 3 is 2.62 bits per heavy atom. The minimum absolute atomic E-state index is 0.649. The number of nitrogens with one attached hydrogen (secondary N) is 1. The summed E-state index contributed by atoms with van der Waals surface area (Å²) in [4.78, 5) is 4.57. The van der Waals surface area contributed by atoms with Crippen molar-refractivity contribution in [1.82, 2.24) is 4.98 Å². The van der Waals surface area contributed by atoms with Crippen molar-refractivity contribution < 1.29 is 0 Å². The summed E-state index contributed by atoms with van der Waals surface area (Å²) in [6.45, 7) is 0. The molecule has 0 radical (unpaired) electrons. The predicted octanol–water partition coefficient (Wildman–Crippen LogP) is 4.79. The molecule has 21 heavy (non-hydrogen) atoms. The van der Waals surface area contributed by atoms with E-state index in [1.807, 2.05) is 12.1 Å². The summed E-state index contributed by atoms with van der Waals surface area (Å²) < 4.78 is 0.960. The van der Waals surface area contributed by atoms with Crippen LogP contribution in [0.2, 0.25) is 0 Å². The first kappa shape index (κ1) is 14.2. The lowest BCUT2D eigenvalue weighted by Crippen LogP contribution is -1.95. The smallest absolute Gasteiger partial charge is 0.205 e. The Bertz CT molecular complexity index is 704. The molecule has 1 aromatic carbocycles. The lowest BCUT2D eigenvalue weighted by atomic mass is 10.1. The van der Waals surface area contributed by atoms with Crippen LogP contribution in [0.4, 0.5) is 5.13 Å². The molecule has 1 heterocycles. The Labute approximate surface area is 135 Å². The summed E-state index contributed by atoms with van der Waals surface area (Å²) in [7, 11) is 0. The monoisotopic (exact) mass is 360 g/mol. The van der Waals surface area contributed by atoms with Crippen molar-refractivity contribution in [1.29, 1.82) is 5.26 Å². The Kier molecular flexibility index (Phi) is 4.32. The average molecular weight is 361 g/mol. The fourth-order valence-corrected chi connectivity index (χ4v) is 3.69. The molecule has 1 N–H and O–H groups in total. The lowest BCUT2D eigenvalue weighted by molar-refractivity contribution is 0.886. The highest BCUT2D eigenvalue weighted by atomic mass is 79.9. The first-order valence-corrected chi connectivity index (χ1v) is 8.35. The van der Waals surface area contributed by atoms with Crippen LogP contribution in [0.1, 0.15) is 31.2 Å². The van der Waals surface area contributed by atoms with Crippen molar-refractivity contribution >= 4 is 38.1 Å². The van der Waals surface area contributed by atoms with E-state index in [0.717, 1.165) is 33.0 Å². The van der Waals surface area contributed by atoms with Gasteiger partial charge in [-0.1, -0.05) is 23.5 Å². The molecule has 0 amide bonds. The molecule has 0 saturated heterocycles. The largest absolute Gasteiger partial charge is 0.253 e. The van der Waals surface area contributed by atoms with E-state index < -0.39 is 0 Å². The van der Waals surface area contributed by atoms with Crippen LogP contribution in [0.15, 0.2) is 33.2 Å². The van der Waals surface area contributed by atoms with E-state index in [9.17, 15) is 0 Å². The molecule has 1 aliphatic carbocycles. The van der Waals surface area contributed by atoms with Gasteiger partial charge >= 0.3 is 0 Å². The molecule has 1 saturated carbocycles. The van der Waals surface area contributed by atoms with Crippen LogP contribution < -0.4 is 5.43 Å². The van der Waals surface area contributed by atoms with Crippen LogP contribution >= 0.6 is 27.3 Å². The maximum atomic E-state index is 8.83. The number of aromatic nitrogens is 1. The second-order valence-electron chi connectivity index (χ2n) is 4.83. The van der Waals surface area contributed by atoms with E-state index in [-0.39, 0.29) is 0 Å². The Morgan fingerprint density at radius 1 is 1.24 bits per heavy atom. The predicted molar refractivity (Wildman–Crippen MR) is 89.5 cm³/mol. The quantitative estimate of drug-likeness (QED) is 0.800. The molecule has 4 nitrogen and oxygen atoms in total. The van der Waals surface area contributed by atoms with E-state index in [4.69, 9.17) is 5.26 Å². The molecular weight excluding hydrogens is 348 g/mol. The number of hydrogen-bond donors (Lipinski definition) is 1. The molecule has 0 atom stereocenters. The van der Waals surface area contributed by atoms with Gasteiger partial charge in [-0.3, -0.25) is 5.43 Å². The number of nitriles is 1. The van der Waals surface area contributed by atoms with Crippen LogP contribution in [0.5, 0.6) is 0 Å². The number of hydrazone groups is 1. The van der Waals surface area contributed by atoms with E-state index in [2.05, 4.69) is 37.5 Å². The summed E-state index contributed by atoms with van der Waals surface area (Å²) in [5, 5.41) is 14.0. The van der Waals surface area contributed by atoms with Crippen molar-refractivity contribution in [2.45, 2.75) is 25.7 Å². The molecule has 2 aromatic rings. The van der Waals surface area contributed by atoms with Gasteiger partial charge in [0.15, 0.2) is 0 Å². The van der Waals surface area contributed by atoms with Crippen LogP contribution in [-0.2, 0) is 0 Å². The maximum absolute atomic E-state index is 8.83. The van der Waals surface area contributed by atoms with Gasteiger partial charge in [-0.05, 0) is 53.7 Å². The van der Waals surface area contributed by atoms with Gasteiger partial charge in [-0.2, -0.15) is 10.4 Å². The van der Waals surface area contributed by atoms with Crippen molar-refractivity contribution in [2.24, 2.45) is 5.10 Å². The molecule has 0 bridgehead atoms. The second kappa shape index (κ2) is 6.37. The van der Waals surface area contributed by atoms with Gasteiger partial charge in [0.1, 0.15) is 0 Å². The number of nitrogens with zero attached hydrogens (tertiary/aromatic N) is 3. The van der Waals surface area contributed by atoms with E-state index in [1.165, 1.54) is 29.9 Å². The topological polar surface area (TPSA) is 61.1 Å². The molecule has 0 spiro atoms. The highest BCUT2D eigenvalue weighted by Gasteiger charge is 2.12. The van der Waals surface area contributed by atoms with E-state index >= 15 is 0 Å². The normalized spacial score (nSPS) is 14.0. The van der Waals surface area contributed by atoms with Gasteiger partial charge in [0.05, 0.1) is 21.1 Å². The van der Waals surface area contributed by atoms with Gasteiger partial charge in [-0.25, -0.2) is 4.98 Å². The maximum Gasteiger partial charge on any atom is 0.205 e. The zero-order valence-electron chi connectivity index (χ0n) is 11.3. The van der Waals surface area contributed by atoms with E-state index in [1.54, 1.807) is 12.1 Å². The number of benzene rings is 1. The van der Waals surface area contributed by atoms with Gasteiger partial charge in [-0.15, -0.1) is 0 Å². The van der Waals surface area contributed by atoms with Crippen LogP contribution in [-0.4, -0.2) is 10.7 Å². The highest BCUT2D eigenvalue weighted by molar-refractivity contribution is 9.11. The summed E-state index contributed by atoms with van der Waals surface area (Å²) in [5.41, 5.74) is 6.78. The molecule has 106 valence electrons. The molecule has 0 unspecified atom stereocenters. The highest BCUT2D eigenvalue weighted by Crippen LogP contribution is 2.35. The first-order chi connectivity index (χ1) is 10.3. The zero-order chi connectivity index (χ0) is 14.7. The Hall–Kier alpha value is -1.71. The van der Waals surface area contributed by atoms with Crippen LogP contribution in [0, 0.1) is 11.3 Å². The summed E-state index contributed by atoms with van der Waals surface area (Å²) in [5.74, 6) is 0. The minimum atomic E-state index is 0.649. The zero-order valence-corrected chi connectivity index (χ0v) is 13.7. The third kappa shape index (κ3) is 3.31. The van der Waals surface area contributed by atoms with Crippen LogP contribution in [0.25, 0.3) is 11.3 Å². The molecule has 1 aromatic heterocycles. The summed E-state index contributed by atoms with van der Waals surface area (Å²) in [6, 6.07) is 9.53. The number of rotatable bonds is 3. The third-order valence-corrected chi connectivity index (χ3v) is 4.97. The Balaban J connectivity index is 1.80. The van der Waals surface area contributed by atoms with Crippen molar-refractivity contribution in [3.05, 3.63) is 33.6 Å². The molecule has 0 aliphatic heterocycles. The van der Waals surface area contributed by atoms with Gasteiger partial charge in [0, 0.05) is 11.3 Å². The fourth-order valence-electron chi connectivity index (χ4n) is 2.25. The molecule has 1 aliphatic rings. The van der Waals surface area contributed by atoms with Crippen molar-refractivity contribution in [3.8, 4) is 17.3 Å². The number of halogens is 1. The number of anilines is 1. The first-order valence-electron chi connectivity index (χ1n) is 6.74. The minimum Gasteiger partial charge on any atom is -0.253 e. The third-order valence-electron chi connectivity index (χ3n) is 3.36. The van der Waals surface area contributed by atoms with E-state index in [0.29, 0.717) is 5.56 Å². The van der Waals surface area contributed by atoms with Gasteiger partial charge < -0.3 is 0 Å². The van der Waals surface area contributed by atoms with Gasteiger partial charge in [0.2, 0.25) is 5.13 Å². The standard InChI is InChI=1S/C15H13BrN4S/c16-14-13(11-7-5-10(9-17)6-8-11)18-15(21-14)20-19-12-3-1-2-4-12/h5-8H,1-4H2,(H,18,20). The molecule has 1 fully saturated rings. The van der Waals surface area contributed by atoms with Crippen LogP contribution in [0.3, 0.4) is 0 Å². The molecule has 3 rings (SSSR count).